The summed E-state index contributed by atoms with van der Waals surface area (Å²) in [7, 11) is 0.0713. The number of nitrogens with zero attached hydrogens (tertiary/aromatic N) is 1. The Balaban J connectivity index is 1.75. The Labute approximate surface area is 157 Å². The average Bonchev–Trinajstić information content (AvgIpc) is 3.00. The average molecular weight is 391 g/mol. The van der Waals surface area contributed by atoms with Gasteiger partial charge in [0.1, 0.15) is 17.3 Å². The SMILES string of the molecule is COc1ccc(OC)c(Nc2cc(C(=O)NC3CCS(=O)(=O)C3)ccn2)c1. The highest BCUT2D eigenvalue weighted by Gasteiger charge is 2.29. The van der Waals surface area contributed by atoms with Crippen LogP contribution < -0.4 is 20.1 Å². The Morgan fingerprint density at radius 2 is 2.00 bits per heavy atom. The van der Waals surface area contributed by atoms with E-state index in [4.69, 9.17) is 9.47 Å². The standard InChI is InChI=1S/C18H21N3O5S/c1-25-14-3-4-16(26-2)15(10-14)21-17-9-12(5-7-19-17)18(22)20-13-6-8-27(23,24)11-13/h3-5,7,9-10,13H,6,8,11H2,1-2H3,(H,19,21)(H,20,22). The Morgan fingerprint density at radius 3 is 2.67 bits per heavy atom. The number of nitrogens with one attached hydrogen (secondary N) is 2. The van der Waals surface area contributed by atoms with Gasteiger partial charge in [0, 0.05) is 23.9 Å². The van der Waals surface area contributed by atoms with Crippen molar-refractivity contribution in [1.29, 1.82) is 0 Å². The molecule has 0 radical (unpaired) electrons. The quantitative estimate of drug-likeness (QED) is 0.773. The molecule has 1 aliphatic rings. The number of hydrogen-bond donors (Lipinski definition) is 2. The molecule has 3 rings (SSSR count). The molecule has 1 aromatic carbocycles. The maximum absolute atomic E-state index is 12.4. The van der Waals surface area contributed by atoms with Gasteiger partial charge >= 0.3 is 0 Å². The van der Waals surface area contributed by atoms with Crippen LogP contribution in [0.1, 0.15) is 16.8 Å². The molecule has 0 bridgehead atoms. The fourth-order valence-electron chi connectivity index (χ4n) is 2.87. The van der Waals surface area contributed by atoms with E-state index < -0.39 is 9.84 Å². The first-order chi connectivity index (χ1) is 12.9. The molecule has 1 aromatic heterocycles. The minimum atomic E-state index is -3.05. The summed E-state index contributed by atoms with van der Waals surface area (Å²) >= 11 is 0. The third-order valence-corrected chi connectivity index (χ3v) is 6.03. The molecule has 2 N–H and O–H groups in total. The first-order valence-electron chi connectivity index (χ1n) is 8.36. The minimum Gasteiger partial charge on any atom is -0.497 e. The molecule has 1 aliphatic heterocycles. The highest BCUT2D eigenvalue weighted by molar-refractivity contribution is 7.91. The van der Waals surface area contributed by atoms with E-state index in [2.05, 4.69) is 15.6 Å². The highest BCUT2D eigenvalue weighted by atomic mass is 32.2. The molecule has 2 aromatic rings. The van der Waals surface area contributed by atoms with Crippen molar-refractivity contribution in [3.8, 4) is 11.5 Å². The van der Waals surface area contributed by atoms with Crippen LogP contribution in [0.2, 0.25) is 0 Å². The van der Waals surface area contributed by atoms with Crippen LogP contribution in [-0.4, -0.2) is 51.1 Å². The zero-order valence-electron chi connectivity index (χ0n) is 15.1. The lowest BCUT2D eigenvalue weighted by Gasteiger charge is -2.14. The van der Waals surface area contributed by atoms with Gasteiger partial charge in [-0.05, 0) is 30.7 Å². The predicted molar refractivity (Wildman–Crippen MR) is 102 cm³/mol. The van der Waals surface area contributed by atoms with E-state index in [1.165, 1.54) is 6.20 Å². The lowest BCUT2D eigenvalue weighted by molar-refractivity contribution is 0.0941. The summed E-state index contributed by atoms with van der Waals surface area (Å²) in [6, 6.07) is 8.11. The van der Waals surface area contributed by atoms with E-state index in [0.29, 0.717) is 35.0 Å². The van der Waals surface area contributed by atoms with Crippen molar-refractivity contribution in [3.05, 3.63) is 42.1 Å². The van der Waals surface area contributed by atoms with Gasteiger partial charge in [-0.2, -0.15) is 0 Å². The number of carbonyl (C=O) groups excluding carboxylic acids is 1. The second-order valence-electron chi connectivity index (χ2n) is 6.19. The Kier molecular flexibility index (Phi) is 5.50. The molecule has 144 valence electrons. The zero-order chi connectivity index (χ0) is 19.4. The van der Waals surface area contributed by atoms with Gasteiger partial charge in [-0.1, -0.05) is 0 Å². The molecule has 1 unspecified atom stereocenters. The van der Waals surface area contributed by atoms with Crippen molar-refractivity contribution in [2.24, 2.45) is 0 Å². The fraction of sp³-hybridized carbons (Fsp3) is 0.333. The first kappa shape index (κ1) is 19.0. The Bertz CT molecular complexity index is 946. The van der Waals surface area contributed by atoms with Crippen molar-refractivity contribution < 1.29 is 22.7 Å². The van der Waals surface area contributed by atoms with Crippen molar-refractivity contribution >= 4 is 27.2 Å². The molecule has 1 atom stereocenters. The topological polar surface area (TPSA) is 107 Å². The summed E-state index contributed by atoms with van der Waals surface area (Å²) in [6.07, 6.45) is 1.94. The fourth-order valence-corrected chi connectivity index (χ4v) is 4.54. The number of amides is 1. The van der Waals surface area contributed by atoms with Crippen molar-refractivity contribution in [2.75, 3.05) is 31.0 Å². The van der Waals surface area contributed by atoms with Crippen LogP contribution in [0.15, 0.2) is 36.5 Å². The van der Waals surface area contributed by atoms with E-state index in [9.17, 15) is 13.2 Å². The van der Waals surface area contributed by atoms with Crippen molar-refractivity contribution in [1.82, 2.24) is 10.3 Å². The first-order valence-corrected chi connectivity index (χ1v) is 10.2. The number of benzene rings is 1. The number of rotatable bonds is 6. The normalized spacial score (nSPS) is 17.9. The molecular weight excluding hydrogens is 370 g/mol. The van der Waals surface area contributed by atoms with Crippen LogP contribution in [0.4, 0.5) is 11.5 Å². The third kappa shape index (κ3) is 4.68. The number of methoxy groups -OCH3 is 2. The number of aromatic nitrogens is 1. The van der Waals surface area contributed by atoms with Gasteiger partial charge in [0.25, 0.3) is 5.91 Å². The van der Waals surface area contributed by atoms with E-state index >= 15 is 0 Å². The number of ether oxygens (including phenoxy) is 2. The molecular formula is C18H21N3O5S. The molecule has 0 spiro atoms. The van der Waals surface area contributed by atoms with Crippen molar-refractivity contribution in [3.63, 3.8) is 0 Å². The Hall–Kier alpha value is -2.81. The number of sulfone groups is 1. The Morgan fingerprint density at radius 1 is 1.19 bits per heavy atom. The van der Waals surface area contributed by atoms with Crippen LogP contribution in [0.25, 0.3) is 0 Å². The summed E-state index contributed by atoms with van der Waals surface area (Å²) in [6.45, 7) is 0. The summed E-state index contributed by atoms with van der Waals surface area (Å²) in [5, 5.41) is 5.87. The summed E-state index contributed by atoms with van der Waals surface area (Å²) < 4.78 is 33.6. The van der Waals surface area contributed by atoms with Gasteiger partial charge in [-0.3, -0.25) is 4.79 Å². The second-order valence-corrected chi connectivity index (χ2v) is 8.42. The van der Waals surface area contributed by atoms with Crippen LogP contribution in [0, 0.1) is 0 Å². The number of anilines is 2. The van der Waals surface area contributed by atoms with Gasteiger partial charge in [-0.25, -0.2) is 13.4 Å². The van der Waals surface area contributed by atoms with Crippen LogP contribution in [0.3, 0.4) is 0 Å². The molecule has 9 heteroatoms. The number of carbonyl (C=O) groups is 1. The second kappa shape index (κ2) is 7.83. The smallest absolute Gasteiger partial charge is 0.251 e. The molecule has 1 saturated heterocycles. The van der Waals surface area contributed by atoms with Crippen molar-refractivity contribution in [2.45, 2.75) is 12.5 Å². The summed E-state index contributed by atoms with van der Waals surface area (Å²) in [5.74, 6) is 1.46. The van der Waals surface area contributed by atoms with E-state index in [1.807, 2.05) is 0 Å². The summed E-state index contributed by atoms with van der Waals surface area (Å²) in [5.41, 5.74) is 1.03. The number of hydrogen-bond acceptors (Lipinski definition) is 7. The molecule has 0 saturated carbocycles. The molecule has 1 fully saturated rings. The lowest BCUT2D eigenvalue weighted by Crippen LogP contribution is -2.35. The van der Waals surface area contributed by atoms with Gasteiger partial charge in [-0.15, -0.1) is 0 Å². The van der Waals surface area contributed by atoms with Gasteiger partial charge in [0.2, 0.25) is 0 Å². The van der Waals surface area contributed by atoms with Crippen LogP contribution in [-0.2, 0) is 9.84 Å². The highest BCUT2D eigenvalue weighted by Crippen LogP contribution is 2.31. The van der Waals surface area contributed by atoms with Gasteiger partial charge in [0.05, 0.1) is 31.4 Å². The maximum atomic E-state index is 12.4. The van der Waals surface area contributed by atoms with Crippen LogP contribution >= 0.6 is 0 Å². The van der Waals surface area contributed by atoms with Gasteiger partial charge in [0.15, 0.2) is 9.84 Å². The number of pyridine rings is 1. The largest absolute Gasteiger partial charge is 0.497 e. The maximum Gasteiger partial charge on any atom is 0.251 e. The van der Waals surface area contributed by atoms with Crippen LogP contribution in [0.5, 0.6) is 11.5 Å². The molecule has 0 aliphatic carbocycles. The third-order valence-electron chi connectivity index (χ3n) is 4.26. The molecule has 27 heavy (non-hydrogen) atoms. The molecule has 1 amide bonds. The van der Waals surface area contributed by atoms with Gasteiger partial charge < -0.3 is 20.1 Å². The minimum absolute atomic E-state index is 0.0179. The van der Waals surface area contributed by atoms with E-state index in [1.54, 1.807) is 44.6 Å². The molecule has 8 nitrogen and oxygen atoms in total. The summed E-state index contributed by atoms with van der Waals surface area (Å²) in [4.78, 5) is 16.7. The lowest BCUT2D eigenvalue weighted by atomic mass is 10.2. The monoisotopic (exact) mass is 391 g/mol. The van der Waals surface area contributed by atoms with E-state index in [0.717, 1.165) is 0 Å². The zero-order valence-corrected chi connectivity index (χ0v) is 15.9. The molecule has 2 heterocycles. The van der Waals surface area contributed by atoms with E-state index in [-0.39, 0.29) is 23.5 Å². The predicted octanol–water partition coefficient (Wildman–Crippen LogP) is 1.76.